The Morgan fingerprint density at radius 1 is 1.31 bits per heavy atom. The highest BCUT2D eigenvalue weighted by molar-refractivity contribution is 5.42. The van der Waals surface area contributed by atoms with Crippen LogP contribution in [0.5, 0.6) is 5.75 Å². The van der Waals surface area contributed by atoms with Crippen LogP contribution in [-0.4, -0.2) is 14.2 Å². The molecule has 0 fully saturated rings. The fraction of sp³-hybridized carbons (Fsp3) is 0.500. The summed E-state index contributed by atoms with van der Waals surface area (Å²) in [6.45, 7) is 3.70. The van der Waals surface area contributed by atoms with Gasteiger partial charge in [0, 0.05) is 23.8 Å². The van der Waals surface area contributed by atoms with Gasteiger partial charge in [-0.2, -0.15) is 0 Å². The van der Waals surface area contributed by atoms with Gasteiger partial charge >= 0.3 is 0 Å². The molecule has 0 unspecified atom stereocenters. The summed E-state index contributed by atoms with van der Waals surface area (Å²) in [4.78, 5) is 0. The Labute approximate surface area is 95.4 Å². The highest BCUT2D eigenvalue weighted by Gasteiger charge is 2.25. The van der Waals surface area contributed by atoms with Gasteiger partial charge in [0.2, 0.25) is 0 Å². The number of nitrogens with two attached hydrogens (primary N) is 1. The van der Waals surface area contributed by atoms with Gasteiger partial charge in [-0.1, -0.05) is 6.07 Å². The zero-order chi connectivity index (χ0) is 12.3. The molecule has 2 N–H and O–H groups in total. The maximum Gasteiger partial charge on any atom is 0.137 e. The van der Waals surface area contributed by atoms with Crippen molar-refractivity contribution in [2.75, 3.05) is 14.2 Å². The molecule has 1 aromatic rings. The fourth-order valence-electron chi connectivity index (χ4n) is 1.64. The van der Waals surface area contributed by atoms with Crippen LogP contribution in [0.3, 0.4) is 0 Å². The maximum absolute atomic E-state index is 14.2. The van der Waals surface area contributed by atoms with Crippen LogP contribution in [-0.2, 0) is 16.9 Å². The Hall–Kier alpha value is -1.13. The van der Waals surface area contributed by atoms with Crippen molar-refractivity contribution in [1.82, 2.24) is 0 Å². The predicted octanol–water partition coefficient (Wildman–Crippen LogP) is 2.17. The topological polar surface area (TPSA) is 44.5 Å². The minimum absolute atomic E-state index is 0.221. The number of hydrogen-bond donors (Lipinski definition) is 1. The summed E-state index contributed by atoms with van der Waals surface area (Å²) in [5, 5.41) is 0. The van der Waals surface area contributed by atoms with Gasteiger partial charge in [-0.15, -0.1) is 0 Å². The molecule has 0 aliphatic rings. The fourth-order valence-corrected chi connectivity index (χ4v) is 1.64. The first-order valence-corrected chi connectivity index (χ1v) is 5.05. The summed E-state index contributed by atoms with van der Waals surface area (Å²) in [7, 11) is 3.02. The Morgan fingerprint density at radius 2 is 1.94 bits per heavy atom. The average molecular weight is 227 g/mol. The normalized spacial score (nSPS) is 11.6. The monoisotopic (exact) mass is 227 g/mol. The van der Waals surface area contributed by atoms with E-state index in [4.69, 9.17) is 15.2 Å². The van der Waals surface area contributed by atoms with E-state index in [9.17, 15) is 4.39 Å². The van der Waals surface area contributed by atoms with Crippen molar-refractivity contribution < 1.29 is 13.9 Å². The molecule has 1 rings (SSSR count). The second-order valence-electron chi connectivity index (χ2n) is 4.27. The lowest BCUT2D eigenvalue weighted by atomic mass is 9.92. The summed E-state index contributed by atoms with van der Waals surface area (Å²) in [5.41, 5.74) is 6.01. The van der Waals surface area contributed by atoms with Gasteiger partial charge in [0.15, 0.2) is 0 Å². The van der Waals surface area contributed by atoms with Gasteiger partial charge in [0.1, 0.15) is 11.6 Å². The first kappa shape index (κ1) is 12.9. The van der Waals surface area contributed by atoms with Crippen molar-refractivity contribution in [2.24, 2.45) is 5.73 Å². The molecule has 0 aromatic heterocycles. The molecule has 0 aliphatic heterocycles. The van der Waals surface area contributed by atoms with Gasteiger partial charge in [0.25, 0.3) is 0 Å². The molecule has 3 nitrogen and oxygen atoms in total. The maximum atomic E-state index is 14.2. The van der Waals surface area contributed by atoms with Crippen LogP contribution in [0.15, 0.2) is 12.1 Å². The molecular weight excluding hydrogens is 209 g/mol. The van der Waals surface area contributed by atoms with E-state index in [1.165, 1.54) is 14.2 Å². The smallest absolute Gasteiger partial charge is 0.137 e. The Balaban J connectivity index is 3.35. The quantitative estimate of drug-likeness (QED) is 0.857. The van der Waals surface area contributed by atoms with Crippen LogP contribution in [0.2, 0.25) is 0 Å². The minimum Gasteiger partial charge on any atom is -0.496 e. The molecular formula is C12H18FNO2. The second-order valence-corrected chi connectivity index (χ2v) is 4.27. The van der Waals surface area contributed by atoms with Gasteiger partial charge in [-0.3, -0.25) is 0 Å². The molecule has 0 heterocycles. The molecule has 16 heavy (non-hydrogen) atoms. The molecule has 0 saturated carbocycles. The zero-order valence-corrected chi connectivity index (χ0v) is 10.1. The molecule has 90 valence electrons. The molecule has 4 heteroatoms. The number of benzene rings is 1. The van der Waals surface area contributed by atoms with Crippen LogP contribution in [0, 0.1) is 5.82 Å². The number of halogens is 1. The predicted molar refractivity (Wildman–Crippen MR) is 60.9 cm³/mol. The Bertz CT molecular complexity index is 372. The molecule has 0 bridgehead atoms. The highest BCUT2D eigenvalue weighted by atomic mass is 19.1. The summed E-state index contributed by atoms with van der Waals surface area (Å²) >= 11 is 0. The second kappa shape index (κ2) is 4.80. The number of methoxy groups -OCH3 is 2. The Kier molecular flexibility index (Phi) is 3.88. The molecule has 0 atom stereocenters. The third-order valence-electron chi connectivity index (χ3n) is 2.35. The van der Waals surface area contributed by atoms with Gasteiger partial charge < -0.3 is 15.2 Å². The lowest BCUT2D eigenvalue weighted by Crippen LogP contribution is -2.31. The Morgan fingerprint density at radius 3 is 2.38 bits per heavy atom. The number of hydrogen-bond acceptors (Lipinski definition) is 3. The van der Waals surface area contributed by atoms with Gasteiger partial charge in [0.05, 0.1) is 13.7 Å². The van der Waals surface area contributed by atoms with E-state index in [0.717, 1.165) is 0 Å². The van der Waals surface area contributed by atoms with E-state index in [-0.39, 0.29) is 12.4 Å². The van der Waals surface area contributed by atoms with E-state index < -0.39 is 5.54 Å². The standard InChI is InChI=1S/C12H18FNO2/c1-12(2,14)10-9(16-4)6-5-8(7-15-3)11(10)13/h5-6H,7,14H2,1-4H3. The first-order chi connectivity index (χ1) is 7.41. The third-order valence-corrected chi connectivity index (χ3v) is 2.35. The molecule has 0 radical (unpaired) electrons. The van der Waals surface area contributed by atoms with E-state index in [1.807, 2.05) is 0 Å². The van der Waals surface area contributed by atoms with Crippen molar-refractivity contribution in [3.8, 4) is 5.75 Å². The third kappa shape index (κ3) is 2.51. The van der Waals surface area contributed by atoms with Crippen molar-refractivity contribution in [3.05, 3.63) is 29.1 Å². The van der Waals surface area contributed by atoms with Gasteiger partial charge in [-0.05, 0) is 19.9 Å². The van der Waals surface area contributed by atoms with Crippen LogP contribution in [0.4, 0.5) is 4.39 Å². The zero-order valence-electron chi connectivity index (χ0n) is 10.1. The highest BCUT2D eigenvalue weighted by Crippen LogP contribution is 2.32. The lowest BCUT2D eigenvalue weighted by molar-refractivity contribution is 0.180. The molecule has 0 spiro atoms. The van der Waals surface area contributed by atoms with Crippen molar-refractivity contribution in [1.29, 1.82) is 0 Å². The van der Waals surface area contributed by atoms with Crippen LogP contribution < -0.4 is 10.5 Å². The minimum atomic E-state index is -0.792. The molecule has 1 aromatic carbocycles. The number of rotatable bonds is 4. The summed E-state index contributed by atoms with van der Waals surface area (Å²) in [6.07, 6.45) is 0. The largest absolute Gasteiger partial charge is 0.496 e. The molecule has 0 saturated heterocycles. The van der Waals surface area contributed by atoms with E-state index in [2.05, 4.69) is 0 Å². The van der Waals surface area contributed by atoms with Crippen molar-refractivity contribution in [2.45, 2.75) is 26.0 Å². The van der Waals surface area contributed by atoms with Crippen molar-refractivity contribution >= 4 is 0 Å². The SMILES string of the molecule is COCc1ccc(OC)c(C(C)(C)N)c1F. The average Bonchev–Trinajstić information content (AvgIpc) is 2.19. The van der Waals surface area contributed by atoms with Crippen molar-refractivity contribution in [3.63, 3.8) is 0 Å². The van der Waals surface area contributed by atoms with E-state index in [1.54, 1.807) is 26.0 Å². The number of ether oxygens (including phenoxy) is 2. The van der Waals surface area contributed by atoms with Gasteiger partial charge in [-0.25, -0.2) is 4.39 Å². The van der Waals surface area contributed by atoms with E-state index in [0.29, 0.717) is 16.9 Å². The first-order valence-electron chi connectivity index (χ1n) is 5.05. The van der Waals surface area contributed by atoms with Crippen LogP contribution >= 0.6 is 0 Å². The summed E-state index contributed by atoms with van der Waals surface area (Å²) < 4.78 is 24.2. The summed E-state index contributed by atoms with van der Waals surface area (Å²) in [5.74, 6) is 0.110. The van der Waals surface area contributed by atoms with Crippen LogP contribution in [0.1, 0.15) is 25.0 Å². The summed E-state index contributed by atoms with van der Waals surface area (Å²) in [6, 6.07) is 3.36. The molecule has 0 aliphatic carbocycles. The van der Waals surface area contributed by atoms with E-state index >= 15 is 0 Å². The molecule has 0 amide bonds. The van der Waals surface area contributed by atoms with Crippen LogP contribution in [0.25, 0.3) is 0 Å². The lowest BCUT2D eigenvalue weighted by Gasteiger charge is -2.23.